The molecule has 0 bridgehead atoms. The Morgan fingerprint density at radius 2 is 1.75 bits per heavy atom. The Morgan fingerprint density at radius 3 is 2.54 bits per heavy atom. The number of benzene rings is 3. The molecule has 1 atom stereocenters. The van der Waals surface area contributed by atoms with Gasteiger partial charge < -0.3 is 0 Å². The molecule has 138 valence electrons. The summed E-state index contributed by atoms with van der Waals surface area (Å²) in [5.41, 5.74) is 5.18. The van der Waals surface area contributed by atoms with Gasteiger partial charge in [-0.25, -0.2) is 0 Å². The third-order valence-corrected chi connectivity index (χ3v) is 5.68. The van der Waals surface area contributed by atoms with Crippen molar-refractivity contribution in [2.75, 3.05) is 0 Å². The first-order valence-corrected chi connectivity index (χ1v) is 10.1. The molecular weight excluding hydrogens is 410 g/mol. The molecule has 0 fully saturated rings. The van der Waals surface area contributed by atoms with Gasteiger partial charge in [-0.05, 0) is 60.0 Å². The Kier molecular flexibility index (Phi) is 5.36. The maximum atomic E-state index is 13.2. The van der Waals surface area contributed by atoms with Crippen LogP contribution >= 0.6 is 15.9 Å². The molecule has 0 radical (unpaired) electrons. The molecule has 1 unspecified atom stereocenters. The summed E-state index contributed by atoms with van der Waals surface area (Å²) < 4.78 is 1.04. The van der Waals surface area contributed by atoms with Gasteiger partial charge in [-0.2, -0.15) is 0 Å². The number of nitrogens with zero attached hydrogens (tertiary/aromatic N) is 1. The van der Waals surface area contributed by atoms with E-state index in [9.17, 15) is 4.79 Å². The Hall–Kier alpha value is -2.78. The zero-order chi connectivity index (χ0) is 19.5. The number of aryl methyl sites for hydroxylation is 1. The van der Waals surface area contributed by atoms with Crippen LogP contribution in [0.3, 0.4) is 0 Å². The average molecular weight is 430 g/mol. The first-order valence-electron chi connectivity index (χ1n) is 9.31. The molecule has 0 N–H and O–H groups in total. The van der Waals surface area contributed by atoms with Gasteiger partial charge in [0.2, 0.25) is 0 Å². The summed E-state index contributed by atoms with van der Waals surface area (Å²) in [4.78, 5) is 17.5. The minimum atomic E-state index is 0.0198. The maximum absolute atomic E-state index is 13.2. The van der Waals surface area contributed by atoms with Crippen LogP contribution in [0.2, 0.25) is 0 Å². The molecule has 3 aromatic carbocycles. The lowest BCUT2D eigenvalue weighted by atomic mass is 9.83. The number of rotatable bonds is 5. The summed E-state index contributed by atoms with van der Waals surface area (Å²) in [6.07, 6.45) is 2.20. The predicted molar refractivity (Wildman–Crippen MR) is 118 cm³/mol. The van der Waals surface area contributed by atoms with Crippen LogP contribution in [0.15, 0.2) is 89.5 Å². The second-order valence-corrected chi connectivity index (χ2v) is 7.91. The molecule has 0 amide bonds. The second-order valence-electron chi connectivity index (χ2n) is 7.00. The van der Waals surface area contributed by atoms with Crippen molar-refractivity contribution < 1.29 is 4.79 Å². The number of halogens is 1. The number of Topliss-reactive ketones (excluding diaryl/α,β-unsaturated/α-hetero) is 1. The number of carbonyl (C=O) groups is 1. The van der Waals surface area contributed by atoms with Crippen molar-refractivity contribution in [3.8, 4) is 0 Å². The molecule has 0 aliphatic carbocycles. The lowest BCUT2D eigenvalue weighted by molar-refractivity contribution is 0.0977. The van der Waals surface area contributed by atoms with E-state index >= 15 is 0 Å². The van der Waals surface area contributed by atoms with Crippen LogP contribution < -0.4 is 0 Å². The van der Waals surface area contributed by atoms with Crippen molar-refractivity contribution >= 4 is 32.6 Å². The molecule has 0 aliphatic heterocycles. The number of aromatic nitrogens is 1. The zero-order valence-electron chi connectivity index (χ0n) is 15.6. The lowest BCUT2D eigenvalue weighted by Crippen LogP contribution is -2.10. The van der Waals surface area contributed by atoms with Crippen molar-refractivity contribution in [1.29, 1.82) is 0 Å². The van der Waals surface area contributed by atoms with E-state index in [1.807, 2.05) is 54.6 Å². The molecule has 0 spiro atoms. The highest BCUT2D eigenvalue weighted by Gasteiger charge is 2.21. The highest BCUT2D eigenvalue weighted by molar-refractivity contribution is 9.10. The molecule has 0 saturated carbocycles. The van der Waals surface area contributed by atoms with Crippen LogP contribution in [0.4, 0.5) is 0 Å². The summed E-state index contributed by atoms with van der Waals surface area (Å²) in [5.74, 6) is 0.160. The number of carbonyl (C=O) groups excluding carboxylic acids is 1. The fourth-order valence-corrected chi connectivity index (χ4v) is 3.90. The van der Waals surface area contributed by atoms with Gasteiger partial charge in [-0.15, -0.1) is 0 Å². The van der Waals surface area contributed by atoms with Crippen LogP contribution in [-0.4, -0.2) is 10.8 Å². The summed E-state index contributed by atoms with van der Waals surface area (Å²) in [6, 6.07) is 26.2. The largest absolute Gasteiger partial charge is 0.294 e. The quantitative estimate of drug-likeness (QED) is 0.330. The van der Waals surface area contributed by atoms with Crippen molar-refractivity contribution in [3.63, 3.8) is 0 Å². The normalized spacial score (nSPS) is 12.1. The van der Waals surface area contributed by atoms with Gasteiger partial charge >= 0.3 is 0 Å². The van der Waals surface area contributed by atoms with Crippen molar-refractivity contribution in [2.24, 2.45) is 0 Å². The van der Waals surface area contributed by atoms with Gasteiger partial charge in [0.25, 0.3) is 0 Å². The van der Waals surface area contributed by atoms with Gasteiger partial charge in [-0.3, -0.25) is 9.78 Å². The molecule has 4 aromatic rings. The highest BCUT2D eigenvalue weighted by Crippen LogP contribution is 2.32. The molecule has 2 nitrogen and oxygen atoms in total. The van der Waals surface area contributed by atoms with Crippen molar-refractivity contribution in [1.82, 2.24) is 4.98 Å². The molecule has 0 aliphatic rings. The zero-order valence-corrected chi connectivity index (χ0v) is 17.2. The first-order chi connectivity index (χ1) is 13.6. The van der Waals surface area contributed by atoms with E-state index in [1.165, 1.54) is 11.1 Å². The first kappa shape index (κ1) is 18.6. The summed E-state index contributed by atoms with van der Waals surface area (Å²) >= 11 is 3.50. The standard InChI is InChI=1S/C25H20BrNO/c1-17-5-2-3-7-22(17)23(18-8-11-21(26)12-9-18)16-25(28)20-10-13-24-19(15-20)6-4-14-27-24/h2-15,23H,16H2,1H3. The summed E-state index contributed by atoms with van der Waals surface area (Å²) in [5, 5.41) is 0.990. The Bertz CT molecular complexity index is 1130. The number of fused-ring (bicyclic) bond motifs is 1. The van der Waals surface area contributed by atoms with E-state index in [0.29, 0.717) is 6.42 Å². The number of hydrogen-bond donors (Lipinski definition) is 0. The van der Waals surface area contributed by atoms with Gasteiger partial charge in [0, 0.05) is 34.0 Å². The van der Waals surface area contributed by atoms with E-state index in [2.05, 4.69) is 52.1 Å². The molecule has 0 saturated heterocycles. The lowest BCUT2D eigenvalue weighted by Gasteiger charge is -2.20. The SMILES string of the molecule is Cc1ccccc1C(CC(=O)c1ccc2ncccc2c1)c1ccc(Br)cc1. The van der Waals surface area contributed by atoms with E-state index in [0.717, 1.165) is 26.5 Å². The van der Waals surface area contributed by atoms with E-state index < -0.39 is 0 Å². The number of ketones is 1. The highest BCUT2D eigenvalue weighted by atomic mass is 79.9. The maximum Gasteiger partial charge on any atom is 0.163 e. The average Bonchev–Trinajstić information content (AvgIpc) is 2.73. The van der Waals surface area contributed by atoms with Crippen LogP contribution in [0, 0.1) is 6.92 Å². The predicted octanol–water partition coefficient (Wildman–Crippen LogP) is 6.71. The number of pyridine rings is 1. The number of hydrogen-bond acceptors (Lipinski definition) is 2. The molecule has 4 rings (SSSR count). The minimum absolute atomic E-state index is 0.0198. The summed E-state index contributed by atoms with van der Waals surface area (Å²) in [6.45, 7) is 2.10. The monoisotopic (exact) mass is 429 g/mol. The molecule has 1 heterocycles. The third-order valence-electron chi connectivity index (χ3n) is 5.15. The second kappa shape index (κ2) is 8.07. The third kappa shape index (κ3) is 3.90. The Balaban J connectivity index is 1.71. The smallest absolute Gasteiger partial charge is 0.163 e. The van der Waals surface area contributed by atoms with Gasteiger partial charge in [0.05, 0.1) is 5.52 Å². The molecular formula is C25H20BrNO. The van der Waals surface area contributed by atoms with E-state index in [1.54, 1.807) is 6.20 Å². The van der Waals surface area contributed by atoms with Gasteiger partial charge in [0.1, 0.15) is 0 Å². The van der Waals surface area contributed by atoms with Crippen LogP contribution in [0.25, 0.3) is 10.9 Å². The topological polar surface area (TPSA) is 30.0 Å². The van der Waals surface area contributed by atoms with Crippen LogP contribution in [-0.2, 0) is 0 Å². The van der Waals surface area contributed by atoms with Crippen molar-refractivity contribution in [2.45, 2.75) is 19.3 Å². The minimum Gasteiger partial charge on any atom is -0.294 e. The van der Waals surface area contributed by atoms with Gasteiger partial charge in [0.15, 0.2) is 5.78 Å². The Labute approximate surface area is 173 Å². The van der Waals surface area contributed by atoms with Crippen LogP contribution in [0.1, 0.15) is 39.4 Å². The van der Waals surface area contributed by atoms with Crippen LogP contribution in [0.5, 0.6) is 0 Å². The van der Waals surface area contributed by atoms with Crippen molar-refractivity contribution in [3.05, 3.63) is 112 Å². The molecule has 1 aromatic heterocycles. The van der Waals surface area contributed by atoms with Gasteiger partial charge in [-0.1, -0.05) is 58.4 Å². The van der Waals surface area contributed by atoms with E-state index in [4.69, 9.17) is 0 Å². The fourth-order valence-electron chi connectivity index (χ4n) is 3.63. The summed E-state index contributed by atoms with van der Waals surface area (Å²) in [7, 11) is 0. The molecule has 3 heteroatoms. The Morgan fingerprint density at radius 1 is 0.964 bits per heavy atom. The van der Waals surface area contributed by atoms with E-state index in [-0.39, 0.29) is 11.7 Å². The fraction of sp³-hybridized carbons (Fsp3) is 0.120. The molecule has 28 heavy (non-hydrogen) atoms.